The molecule has 5 N–H and O–H groups in total. The number of carbonyl (C=O) groups excluding carboxylic acids is 1. The van der Waals surface area contributed by atoms with Crippen LogP contribution in [0, 0.1) is 0 Å². The van der Waals surface area contributed by atoms with Gasteiger partial charge in [-0.15, -0.1) is 11.3 Å². The van der Waals surface area contributed by atoms with E-state index in [-0.39, 0.29) is 10.8 Å². The lowest BCUT2D eigenvalue weighted by Crippen LogP contribution is -2.19. The number of nitrogen functional groups attached to an aromatic ring is 1. The summed E-state index contributed by atoms with van der Waals surface area (Å²) in [5.41, 5.74) is 9.75. The second kappa shape index (κ2) is 5.07. The predicted molar refractivity (Wildman–Crippen MR) is 55.8 cm³/mol. The molecule has 1 rings (SSSR count). The largest absolute Gasteiger partial charge is 0.476 e. The number of amides is 1. The van der Waals surface area contributed by atoms with Crippen molar-refractivity contribution in [2.24, 2.45) is 10.9 Å². The summed E-state index contributed by atoms with van der Waals surface area (Å²) in [6.07, 6.45) is 0. The molecule has 0 saturated carbocycles. The minimum absolute atomic E-state index is 0.0690. The standard InChI is InChI=1S/C7H8N4O4S/c8-4(12)1-15-11-5(6(13)14)3-2-16-7(9)10-3/h2H,1H2,(H2,8,12)(H2,9,10)(H,13,14). The van der Waals surface area contributed by atoms with E-state index in [0.29, 0.717) is 0 Å². The number of hydrogen-bond donors (Lipinski definition) is 3. The van der Waals surface area contributed by atoms with Crippen LogP contribution in [0.4, 0.5) is 5.13 Å². The van der Waals surface area contributed by atoms with E-state index in [1.807, 2.05) is 0 Å². The van der Waals surface area contributed by atoms with E-state index in [0.717, 1.165) is 11.3 Å². The molecule has 0 aliphatic heterocycles. The average Bonchev–Trinajstić information content (AvgIpc) is 2.58. The number of rotatable bonds is 5. The van der Waals surface area contributed by atoms with Crippen LogP contribution in [0.25, 0.3) is 0 Å². The number of carboxylic acid groups (broad SMARTS) is 1. The lowest BCUT2D eigenvalue weighted by molar-refractivity contribution is -0.130. The average molecular weight is 244 g/mol. The number of aromatic nitrogens is 1. The van der Waals surface area contributed by atoms with Gasteiger partial charge in [-0.05, 0) is 0 Å². The minimum atomic E-state index is -1.34. The first kappa shape index (κ1) is 11.9. The number of anilines is 1. The Kier molecular flexibility index (Phi) is 3.78. The smallest absolute Gasteiger partial charge is 0.360 e. The zero-order chi connectivity index (χ0) is 12.1. The lowest BCUT2D eigenvalue weighted by Gasteiger charge is -1.97. The van der Waals surface area contributed by atoms with Crippen LogP contribution in [0.2, 0.25) is 0 Å². The highest BCUT2D eigenvalue weighted by Crippen LogP contribution is 2.12. The molecule has 0 saturated heterocycles. The number of nitrogens with two attached hydrogens (primary N) is 2. The fourth-order valence-corrected chi connectivity index (χ4v) is 1.30. The van der Waals surface area contributed by atoms with Gasteiger partial charge in [0.2, 0.25) is 5.71 Å². The number of thiazole rings is 1. The Hall–Kier alpha value is -2.16. The van der Waals surface area contributed by atoms with Crippen LogP contribution in [0.15, 0.2) is 10.5 Å². The monoisotopic (exact) mass is 244 g/mol. The molecule has 9 heteroatoms. The van der Waals surface area contributed by atoms with E-state index in [2.05, 4.69) is 15.0 Å². The Morgan fingerprint density at radius 2 is 2.31 bits per heavy atom. The summed E-state index contributed by atoms with van der Waals surface area (Å²) in [4.78, 5) is 29.3. The van der Waals surface area contributed by atoms with Gasteiger partial charge in [-0.1, -0.05) is 5.16 Å². The van der Waals surface area contributed by atoms with Crippen molar-refractivity contribution in [2.75, 3.05) is 12.3 Å². The summed E-state index contributed by atoms with van der Waals surface area (Å²) in [5.74, 6) is -2.10. The third-order valence-corrected chi connectivity index (χ3v) is 2.00. The van der Waals surface area contributed by atoms with Crippen LogP contribution >= 0.6 is 11.3 Å². The van der Waals surface area contributed by atoms with Crippen molar-refractivity contribution < 1.29 is 19.5 Å². The first-order valence-corrected chi connectivity index (χ1v) is 4.81. The molecule has 8 nitrogen and oxygen atoms in total. The number of primary amides is 1. The van der Waals surface area contributed by atoms with Gasteiger partial charge in [0.05, 0.1) is 0 Å². The Balaban J connectivity index is 2.83. The van der Waals surface area contributed by atoms with Gasteiger partial charge < -0.3 is 21.4 Å². The molecule has 0 spiro atoms. The molecule has 86 valence electrons. The number of aliphatic carboxylic acids is 1. The summed E-state index contributed by atoms with van der Waals surface area (Å²) >= 11 is 1.07. The zero-order valence-electron chi connectivity index (χ0n) is 7.91. The molecule has 0 aromatic carbocycles. The lowest BCUT2D eigenvalue weighted by atomic mass is 10.3. The Morgan fingerprint density at radius 1 is 1.62 bits per heavy atom. The molecular weight excluding hydrogens is 236 g/mol. The predicted octanol–water partition coefficient (Wildman–Crippen LogP) is -0.984. The Morgan fingerprint density at radius 3 is 2.75 bits per heavy atom. The van der Waals surface area contributed by atoms with Gasteiger partial charge >= 0.3 is 5.97 Å². The summed E-state index contributed by atoms with van der Waals surface area (Å²) in [6.45, 7) is -0.504. The van der Waals surface area contributed by atoms with E-state index in [1.54, 1.807) is 0 Å². The van der Waals surface area contributed by atoms with Crippen molar-refractivity contribution in [2.45, 2.75) is 0 Å². The molecule has 1 aromatic rings. The summed E-state index contributed by atoms with van der Waals surface area (Å²) in [7, 11) is 0. The molecule has 16 heavy (non-hydrogen) atoms. The van der Waals surface area contributed by atoms with Crippen LogP contribution < -0.4 is 11.5 Å². The third kappa shape index (κ3) is 3.20. The summed E-state index contributed by atoms with van der Waals surface area (Å²) < 4.78 is 0. The second-order valence-corrected chi connectivity index (χ2v) is 3.45. The number of oxime groups is 1. The molecule has 0 unspecified atom stereocenters. The van der Waals surface area contributed by atoms with Crippen molar-refractivity contribution in [1.82, 2.24) is 4.98 Å². The van der Waals surface area contributed by atoms with Crippen molar-refractivity contribution in [3.63, 3.8) is 0 Å². The van der Waals surface area contributed by atoms with E-state index in [1.165, 1.54) is 5.38 Å². The van der Waals surface area contributed by atoms with Gasteiger partial charge in [0, 0.05) is 5.38 Å². The number of nitrogens with zero attached hydrogens (tertiary/aromatic N) is 2. The van der Waals surface area contributed by atoms with Gasteiger partial charge in [0.25, 0.3) is 5.91 Å². The van der Waals surface area contributed by atoms with Crippen molar-refractivity contribution in [3.8, 4) is 0 Å². The van der Waals surface area contributed by atoms with Crippen LogP contribution in [0.5, 0.6) is 0 Å². The molecule has 0 radical (unpaired) electrons. The Labute approximate surface area is 93.5 Å². The van der Waals surface area contributed by atoms with E-state index in [9.17, 15) is 9.59 Å². The number of carbonyl (C=O) groups is 2. The van der Waals surface area contributed by atoms with E-state index >= 15 is 0 Å². The maximum absolute atomic E-state index is 10.8. The molecule has 0 atom stereocenters. The van der Waals surface area contributed by atoms with Crippen LogP contribution in [-0.2, 0) is 14.4 Å². The van der Waals surface area contributed by atoms with Crippen molar-refractivity contribution >= 4 is 34.1 Å². The second-order valence-electron chi connectivity index (χ2n) is 2.56. The topological polar surface area (TPSA) is 141 Å². The zero-order valence-corrected chi connectivity index (χ0v) is 8.73. The SMILES string of the molecule is NC(=O)CON=C(C(=O)O)c1csc(N)n1. The maximum atomic E-state index is 10.8. The fourth-order valence-electron chi connectivity index (χ4n) is 0.752. The number of hydrogen-bond acceptors (Lipinski definition) is 7. The highest BCUT2D eigenvalue weighted by atomic mass is 32.1. The molecule has 1 heterocycles. The molecular formula is C7H8N4O4S. The van der Waals surface area contributed by atoms with Crippen LogP contribution in [0.1, 0.15) is 5.69 Å². The normalized spacial score (nSPS) is 11.1. The van der Waals surface area contributed by atoms with Gasteiger partial charge in [0.15, 0.2) is 11.7 Å². The maximum Gasteiger partial charge on any atom is 0.360 e. The Bertz CT molecular complexity index is 441. The van der Waals surface area contributed by atoms with E-state index < -0.39 is 24.2 Å². The quantitative estimate of drug-likeness (QED) is 0.448. The van der Waals surface area contributed by atoms with Crippen LogP contribution in [0.3, 0.4) is 0 Å². The highest BCUT2D eigenvalue weighted by molar-refractivity contribution is 7.13. The van der Waals surface area contributed by atoms with E-state index in [4.69, 9.17) is 16.6 Å². The molecule has 0 fully saturated rings. The first-order chi connectivity index (χ1) is 7.50. The molecule has 1 aromatic heterocycles. The van der Waals surface area contributed by atoms with Gasteiger partial charge in [-0.3, -0.25) is 4.79 Å². The molecule has 1 amide bonds. The molecule has 0 aliphatic rings. The van der Waals surface area contributed by atoms with Crippen molar-refractivity contribution in [3.05, 3.63) is 11.1 Å². The molecule has 0 bridgehead atoms. The van der Waals surface area contributed by atoms with Crippen LogP contribution in [-0.4, -0.2) is 34.3 Å². The summed E-state index contributed by atoms with van der Waals surface area (Å²) in [5, 5.41) is 13.7. The highest BCUT2D eigenvalue weighted by Gasteiger charge is 2.17. The van der Waals surface area contributed by atoms with Gasteiger partial charge in [0.1, 0.15) is 5.69 Å². The first-order valence-electron chi connectivity index (χ1n) is 3.93. The summed E-state index contributed by atoms with van der Waals surface area (Å²) in [6, 6.07) is 0. The van der Waals surface area contributed by atoms with Gasteiger partial charge in [-0.2, -0.15) is 0 Å². The number of carboxylic acids is 1. The molecule has 0 aliphatic carbocycles. The van der Waals surface area contributed by atoms with Gasteiger partial charge in [-0.25, -0.2) is 9.78 Å². The minimum Gasteiger partial charge on any atom is -0.476 e. The fraction of sp³-hybridized carbons (Fsp3) is 0.143. The third-order valence-electron chi connectivity index (χ3n) is 1.33. The van der Waals surface area contributed by atoms with Crippen molar-refractivity contribution in [1.29, 1.82) is 0 Å².